The van der Waals surface area contributed by atoms with Crippen LogP contribution in [0.15, 0.2) is 30.3 Å². The normalized spacial score (nSPS) is 11.0. The number of methoxy groups -OCH3 is 2. The van der Waals surface area contributed by atoms with Gasteiger partial charge in [0.2, 0.25) is 0 Å². The highest BCUT2D eigenvalue weighted by Crippen LogP contribution is 2.39. The molecule has 2 aromatic rings. The van der Waals surface area contributed by atoms with Gasteiger partial charge in [0.1, 0.15) is 17.3 Å². The van der Waals surface area contributed by atoms with Crippen LogP contribution < -0.4 is 14.8 Å². The molecule has 4 nitrogen and oxygen atoms in total. The van der Waals surface area contributed by atoms with E-state index in [9.17, 15) is 9.18 Å². The molecule has 0 bridgehead atoms. The summed E-state index contributed by atoms with van der Waals surface area (Å²) in [5.74, 6) is 0.590. The molecule has 0 radical (unpaired) electrons. The van der Waals surface area contributed by atoms with Crippen molar-refractivity contribution in [1.82, 2.24) is 5.32 Å². The lowest BCUT2D eigenvalue weighted by atomic mass is 9.94. The molecule has 2 rings (SSSR count). The van der Waals surface area contributed by atoms with Crippen LogP contribution in [-0.2, 0) is 0 Å². The van der Waals surface area contributed by atoms with Crippen LogP contribution in [0.1, 0.15) is 49.5 Å². The van der Waals surface area contributed by atoms with Gasteiger partial charge >= 0.3 is 0 Å². The van der Waals surface area contributed by atoms with Gasteiger partial charge in [-0.05, 0) is 49.1 Å². The topological polar surface area (TPSA) is 47.6 Å². The van der Waals surface area contributed by atoms with Crippen molar-refractivity contribution < 1.29 is 18.7 Å². The molecule has 26 heavy (non-hydrogen) atoms. The standard InChI is InChI=1S/C21H26FNO3/c1-12(2)15-10-16(20(26-6)11-19(15)25-5)14-7-8-18(22)17(9-14)21(24)23-13(3)4/h7-13H,1-6H3,(H,23,24). The molecule has 0 heterocycles. The molecule has 0 spiro atoms. The van der Waals surface area contributed by atoms with Crippen LogP contribution in [0, 0.1) is 5.82 Å². The van der Waals surface area contributed by atoms with Crippen molar-refractivity contribution in [1.29, 1.82) is 0 Å². The van der Waals surface area contributed by atoms with E-state index in [1.807, 2.05) is 26.0 Å². The summed E-state index contributed by atoms with van der Waals surface area (Å²) in [5.41, 5.74) is 2.53. The number of halogens is 1. The highest BCUT2D eigenvalue weighted by atomic mass is 19.1. The molecule has 0 saturated heterocycles. The minimum atomic E-state index is -0.552. The lowest BCUT2D eigenvalue weighted by Crippen LogP contribution is -2.30. The van der Waals surface area contributed by atoms with Gasteiger partial charge in [0.25, 0.3) is 5.91 Å². The van der Waals surface area contributed by atoms with Gasteiger partial charge in [0, 0.05) is 17.7 Å². The number of hydrogen-bond donors (Lipinski definition) is 1. The highest BCUT2D eigenvalue weighted by Gasteiger charge is 2.18. The molecule has 0 unspecified atom stereocenters. The van der Waals surface area contributed by atoms with E-state index in [1.54, 1.807) is 26.4 Å². The van der Waals surface area contributed by atoms with Crippen molar-refractivity contribution in [3.05, 3.63) is 47.3 Å². The second-order valence-corrected chi connectivity index (χ2v) is 6.77. The molecule has 0 aliphatic heterocycles. The fourth-order valence-electron chi connectivity index (χ4n) is 2.81. The van der Waals surface area contributed by atoms with Crippen molar-refractivity contribution in [3.8, 4) is 22.6 Å². The molecule has 0 saturated carbocycles. The van der Waals surface area contributed by atoms with Gasteiger partial charge in [0.05, 0.1) is 19.8 Å². The quantitative estimate of drug-likeness (QED) is 0.808. The number of carbonyl (C=O) groups excluding carboxylic acids is 1. The van der Waals surface area contributed by atoms with Gasteiger partial charge in [-0.25, -0.2) is 4.39 Å². The number of nitrogens with one attached hydrogen (secondary N) is 1. The Balaban J connectivity index is 2.60. The lowest BCUT2D eigenvalue weighted by Gasteiger charge is -2.18. The maximum absolute atomic E-state index is 14.2. The fraction of sp³-hybridized carbons (Fsp3) is 0.381. The summed E-state index contributed by atoms with van der Waals surface area (Å²) in [6, 6.07) is 8.23. The highest BCUT2D eigenvalue weighted by molar-refractivity contribution is 5.96. The van der Waals surface area contributed by atoms with Gasteiger partial charge in [-0.2, -0.15) is 0 Å². The minimum Gasteiger partial charge on any atom is -0.496 e. The molecule has 2 aromatic carbocycles. The van der Waals surface area contributed by atoms with Crippen molar-refractivity contribution >= 4 is 5.91 Å². The Hall–Kier alpha value is -2.56. The van der Waals surface area contributed by atoms with E-state index in [1.165, 1.54) is 6.07 Å². The van der Waals surface area contributed by atoms with Gasteiger partial charge in [-0.1, -0.05) is 19.9 Å². The number of hydrogen-bond acceptors (Lipinski definition) is 3. The summed E-state index contributed by atoms with van der Waals surface area (Å²) >= 11 is 0. The Kier molecular flexibility index (Phi) is 6.24. The van der Waals surface area contributed by atoms with E-state index in [0.717, 1.165) is 16.9 Å². The van der Waals surface area contributed by atoms with Crippen molar-refractivity contribution in [2.75, 3.05) is 14.2 Å². The Morgan fingerprint density at radius 2 is 1.65 bits per heavy atom. The first kappa shape index (κ1) is 19.8. The van der Waals surface area contributed by atoms with Crippen molar-refractivity contribution in [2.45, 2.75) is 39.7 Å². The summed E-state index contributed by atoms with van der Waals surface area (Å²) in [6.45, 7) is 7.81. The van der Waals surface area contributed by atoms with Crippen LogP contribution in [0.4, 0.5) is 4.39 Å². The van der Waals surface area contributed by atoms with Crippen LogP contribution in [0.25, 0.3) is 11.1 Å². The van der Waals surface area contributed by atoms with Gasteiger partial charge < -0.3 is 14.8 Å². The third kappa shape index (κ3) is 4.15. The van der Waals surface area contributed by atoms with Crippen LogP contribution in [-0.4, -0.2) is 26.2 Å². The molecule has 1 amide bonds. The minimum absolute atomic E-state index is 0.0140. The van der Waals surface area contributed by atoms with Crippen LogP contribution in [0.2, 0.25) is 0 Å². The third-order valence-corrected chi connectivity index (χ3v) is 4.12. The molecule has 0 aromatic heterocycles. The first-order valence-electron chi connectivity index (χ1n) is 8.65. The van der Waals surface area contributed by atoms with Crippen molar-refractivity contribution in [3.63, 3.8) is 0 Å². The molecular weight excluding hydrogens is 333 g/mol. The van der Waals surface area contributed by atoms with E-state index in [2.05, 4.69) is 19.2 Å². The predicted molar refractivity (Wildman–Crippen MR) is 102 cm³/mol. The lowest BCUT2D eigenvalue weighted by molar-refractivity contribution is 0.0939. The van der Waals surface area contributed by atoms with E-state index >= 15 is 0 Å². The zero-order chi connectivity index (χ0) is 19.4. The van der Waals surface area contributed by atoms with Crippen LogP contribution >= 0.6 is 0 Å². The average Bonchev–Trinajstić information content (AvgIpc) is 2.60. The molecule has 1 N–H and O–H groups in total. The Morgan fingerprint density at radius 3 is 2.19 bits per heavy atom. The SMILES string of the molecule is COc1cc(OC)c(C(C)C)cc1-c1ccc(F)c(C(=O)NC(C)C)c1. The molecule has 140 valence electrons. The summed E-state index contributed by atoms with van der Waals surface area (Å²) in [5, 5.41) is 2.72. The first-order chi connectivity index (χ1) is 12.3. The summed E-state index contributed by atoms with van der Waals surface area (Å²) in [4.78, 5) is 12.3. The average molecular weight is 359 g/mol. The van der Waals surface area contributed by atoms with E-state index < -0.39 is 11.7 Å². The Bertz CT molecular complexity index is 800. The van der Waals surface area contributed by atoms with Gasteiger partial charge in [0.15, 0.2) is 0 Å². The van der Waals surface area contributed by atoms with Crippen molar-refractivity contribution in [2.24, 2.45) is 0 Å². The summed E-state index contributed by atoms with van der Waals surface area (Å²) < 4.78 is 25.1. The molecule has 0 aliphatic rings. The predicted octanol–water partition coefficient (Wildman–Crippen LogP) is 4.77. The number of benzene rings is 2. The second kappa shape index (κ2) is 8.21. The summed E-state index contributed by atoms with van der Waals surface area (Å²) in [6.07, 6.45) is 0. The number of rotatable bonds is 6. The molecular formula is C21H26FNO3. The van der Waals surface area contributed by atoms with E-state index in [4.69, 9.17) is 9.47 Å². The number of carbonyl (C=O) groups is 1. The Morgan fingerprint density at radius 1 is 1.00 bits per heavy atom. The maximum Gasteiger partial charge on any atom is 0.254 e. The number of ether oxygens (including phenoxy) is 2. The first-order valence-corrected chi connectivity index (χ1v) is 8.65. The molecule has 5 heteroatoms. The molecule has 0 fully saturated rings. The van der Waals surface area contributed by atoms with Crippen LogP contribution in [0.5, 0.6) is 11.5 Å². The second-order valence-electron chi connectivity index (χ2n) is 6.77. The van der Waals surface area contributed by atoms with Crippen LogP contribution in [0.3, 0.4) is 0 Å². The monoisotopic (exact) mass is 359 g/mol. The van der Waals surface area contributed by atoms with Gasteiger partial charge in [-0.15, -0.1) is 0 Å². The zero-order valence-electron chi connectivity index (χ0n) is 16.1. The summed E-state index contributed by atoms with van der Waals surface area (Å²) in [7, 11) is 3.19. The smallest absolute Gasteiger partial charge is 0.254 e. The van der Waals surface area contributed by atoms with E-state index in [0.29, 0.717) is 11.3 Å². The third-order valence-electron chi connectivity index (χ3n) is 4.12. The largest absolute Gasteiger partial charge is 0.496 e. The molecule has 0 aliphatic carbocycles. The number of amides is 1. The Labute approximate surface area is 154 Å². The fourth-order valence-corrected chi connectivity index (χ4v) is 2.81. The molecule has 0 atom stereocenters. The van der Waals surface area contributed by atoms with Gasteiger partial charge in [-0.3, -0.25) is 4.79 Å². The van der Waals surface area contributed by atoms with E-state index in [-0.39, 0.29) is 17.5 Å². The maximum atomic E-state index is 14.2. The zero-order valence-corrected chi connectivity index (χ0v) is 16.1.